The summed E-state index contributed by atoms with van der Waals surface area (Å²) in [6.45, 7) is 5.02. The normalized spacial score (nSPS) is 13.3. The van der Waals surface area contributed by atoms with Gasteiger partial charge in [-0.2, -0.15) is 0 Å². The third kappa shape index (κ3) is 4.58. The highest BCUT2D eigenvalue weighted by atomic mass is 32.1. The largest absolute Gasteiger partial charge is 0.310 e. The summed E-state index contributed by atoms with van der Waals surface area (Å²) in [5, 5.41) is 13.6. The lowest BCUT2D eigenvalue weighted by molar-refractivity contribution is 1.29. The second kappa shape index (κ2) is 12.0. The molecule has 2 aromatic heterocycles. The highest BCUT2D eigenvalue weighted by molar-refractivity contribution is 7.28. The predicted octanol–water partition coefficient (Wildman–Crippen LogP) is 14.7. The van der Waals surface area contributed by atoms with Gasteiger partial charge in [0.1, 0.15) is 8.07 Å². The van der Waals surface area contributed by atoms with Gasteiger partial charge in [0, 0.05) is 57.3 Å². The Morgan fingerprint density at radius 2 is 1.05 bits per heavy atom. The first-order valence-electron chi connectivity index (χ1n) is 19.3. The number of fused-ring (bicyclic) bond motifs is 13. The van der Waals surface area contributed by atoms with Gasteiger partial charge in [0.05, 0.1) is 5.69 Å². The van der Waals surface area contributed by atoms with E-state index in [1.54, 1.807) is 0 Å². The summed E-state index contributed by atoms with van der Waals surface area (Å²) in [6.07, 6.45) is 0. The number of anilines is 3. The van der Waals surface area contributed by atoms with Crippen molar-refractivity contribution in [3.63, 3.8) is 0 Å². The summed E-state index contributed by atoms with van der Waals surface area (Å²) < 4.78 is 5.38. The van der Waals surface area contributed by atoms with E-state index in [0.717, 1.165) is 5.69 Å². The van der Waals surface area contributed by atoms with Crippen LogP contribution >= 0.6 is 22.7 Å². The standard InChI is InChI=1S/C52H35NS2Si/c1-56(2)47-19-8-7-16-40(47)49-43(18-10-20-48(49)56)53(35-24-21-34(22-25-35)38-17-9-13-32-11-3-5-14-37(32)38)36-26-28-44-42(31-36)51-45(54-44)29-30-46-50(51)41-27-23-33-12-4-6-15-39(33)52(41)55-46/h3-31H,1-2H3. The van der Waals surface area contributed by atoms with Crippen molar-refractivity contribution in [2.75, 3.05) is 4.90 Å². The number of rotatable bonds is 4. The molecule has 9 aromatic carbocycles. The van der Waals surface area contributed by atoms with E-state index in [1.165, 1.54) is 106 Å². The van der Waals surface area contributed by atoms with Crippen molar-refractivity contribution >= 4 is 120 Å². The van der Waals surface area contributed by atoms with Crippen molar-refractivity contribution in [1.82, 2.24) is 0 Å². The molecule has 0 saturated heterocycles. The molecule has 0 atom stereocenters. The van der Waals surface area contributed by atoms with Crippen LogP contribution in [0.5, 0.6) is 0 Å². The van der Waals surface area contributed by atoms with Crippen molar-refractivity contribution in [2.24, 2.45) is 0 Å². The van der Waals surface area contributed by atoms with Gasteiger partial charge in [0.15, 0.2) is 0 Å². The van der Waals surface area contributed by atoms with Crippen LogP contribution in [0, 0.1) is 0 Å². The molecule has 0 saturated carbocycles. The molecule has 0 N–H and O–H groups in total. The van der Waals surface area contributed by atoms with Crippen LogP contribution in [0.15, 0.2) is 176 Å². The van der Waals surface area contributed by atoms with Gasteiger partial charge < -0.3 is 4.90 Å². The van der Waals surface area contributed by atoms with E-state index in [2.05, 4.69) is 194 Å². The first-order chi connectivity index (χ1) is 27.5. The van der Waals surface area contributed by atoms with E-state index in [9.17, 15) is 0 Å². The van der Waals surface area contributed by atoms with Crippen molar-refractivity contribution in [2.45, 2.75) is 13.1 Å². The van der Waals surface area contributed by atoms with E-state index in [-0.39, 0.29) is 0 Å². The monoisotopic (exact) mass is 765 g/mol. The van der Waals surface area contributed by atoms with Gasteiger partial charge >= 0.3 is 0 Å². The predicted molar refractivity (Wildman–Crippen MR) is 250 cm³/mol. The Morgan fingerprint density at radius 1 is 0.429 bits per heavy atom. The molecule has 0 aliphatic carbocycles. The first-order valence-corrected chi connectivity index (χ1v) is 24.0. The molecule has 12 rings (SSSR count). The molecule has 1 aliphatic heterocycles. The molecule has 56 heavy (non-hydrogen) atoms. The molecule has 11 aromatic rings. The Labute approximate surface area is 334 Å². The van der Waals surface area contributed by atoms with E-state index >= 15 is 0 Å². The first kappa shape index (κ1) is 32.2. The van der Waals surface area contributed by atoms with Crippen LogP contribution in [0.2, 0.25) is 13.1 Å². The van der Waals surface area contributed by atoms with Crippen molar-refractivity contribution in [1.29, 1.82) is 0 Å². The second-order valence-corrected chi connectivity index (χ2v) is 22.1. The third-order valence-electron chi connectivity index (χ3n) is 12.3. The van der Waals surface area contributed by atoms with Gasteiger partial charge in [-0.05, 0) is 97.1 Å². The van der Waals surface area contributed by atoms with Gasteiger partial charge in [-0.25, -0.2) is 0 Å². The van der Waals surface area contributed by atoms with Gasteiger partial charge in [-0.1, -0.05) is 140 Å². The third-order valence-corrected chi connectivity index (χ3v) is 18.1. The second-order valence-electron chi connectivity index (χ2n) is 15.6. The number of benzene rings is 9. The lowest BCUT2D eigenvalue weighted by atomic mass is 9.97. The SMILES string of the molecule is C[Si]1(C)c2ccccc2-c2c(N(c3ccc(-c4cccc5ccccc45)cc3)c3ccc4sc5ccc6sc7c8ccccc8ccc7c6c5c4c3)cccc21. The Balaban J connectivity index is 1.11. The molecule has 0 unspecified atom stereocenters. The Bertz CT molecular complexity index is 3400. The number of hydrogen-bond donors (Lipinski definition) is 0. The Morgan fingerprint density at radius 3 is 1.91 bits per heavy atom. The summed E-state index contributed by atoms with van der Waals surface area (Å²) in [7, 11) is -1.90. The summed E-state index contributed by atoms with van der Waals surface area (Å²) in [4.78, 5) is 2.53. The maximum Gasteiger partial charge on any atom is 0.113 e. The molecule has 0 spiro atoms. The maximum absolute atomic E-state index is 2.53. The Hall–Kier alpha value is -6.04. The van der Waals surface area contributed by atoms with Gasteiger partial charge in [0.2, 0.25) is 0 Å². The summed E-state index contributed by atoms with van der Waals surface area (Å²) in [6, 6.07) is 66.1. The highest BCUT2D eigenvalue weighted by Gasteiger charge is 2.39. The maximum atomic E-state index is 2.53. The van der Waals surface area contributed by atoms with Crippen LogP contribution in [0.3, 0.4) is 0 Å². The van der Waals surface area contributed by atoms with Crippen LogP contribution in [0.25, 0.3) is 84.1 Å². The van der Waals surface area contributed by atoms with Crippen molar-refractivity contribution in [3.8, 4) is 22.3 Å². The fraction of sp³-hybridized carbons (Fsp3) is 0.0385. The molecule has 0 radical (unpaired) electrons. The van der Waals surface area contributed by atoms with Crippen LogP contribution in [-0.4, -0.2) is 8.07 Å². The number of nitrogens with zero attached hydrogens (tertiary/aromatic N) is 1. The lowest BCUT2D eigenvalue weighted by Crippen LogP contribution is -2.49. The van der Waals surface area contributed by atoms with Crippen LogP contribution in [0.1, 0.15) is 0 Å². The minimum absolute atomic E-state index is 1.16. The average Bonchev–Trinajstić information content (AvgIpc) is 3.89. The molecule has 0 fully saturated rings. The molecule has 4 heteroatoms. The lowest BCUT2D eigenvalue weighted by Gasteiger charge is -2.29. The molecule has 0 bridgehead atoms. The fourth-order valence-electron chi connectivity index (χ4n) is 9.61. The van der Waals surface area contributed by atoms with Crippen LogP contribution in [-0.2, 0) is 0 Å². The van der Waals surface area contributed by atoms with Gasteiger partial charge in [-0.3, -0.25) is 0 Å². The zero-order valence-corrected chi connectivity index (χ0v) is 33.6. The molecule has 1 aliphatic rings. The smallest absolute Gasteiger partial charge is 0.113 e. The van der Waals surface area contributed by atoms with Crippen LogP contribution < -0.4 is 15.3 Å². The minimum Gasteiger partial charge on any atom is -0.310 e. The quantitative estimate of drug-likeness (QED) is 0.161. The topological polar surface area (TPSA) is 3.24 Å². The fourth-order valence-corrected chi connectivity index (χ4v) is 15.0. The average molecular weight is 766 g/mol. The summed E-state index contributed by atoms with van der Waals surface area (Å²) in [5.41, 5.74) is 8.81. The zero-order valence-electron chi connectivity index (χ0n) is 31.0. The number of hydrogen-bond acceptors (Lipinski definition) is 3. The highest BCUT2D eigenvalue weighted by Crippen LogP contribution is 2.49. The van der Waals surface area contributed by atoms with Crippen molar-refractivity contribution < 1.29 is 0 Å². The van der Waals surface area contributed by atoms with Crippen LogP contribution in [0.4, 0.5) is 17.1 Å². The zero-order chi connectivity index (χ0) is 37.1. The molecular formula is C52H35NS2Si. The molecular weight excluding hydrogens is 731 g/mol. The van der Waals surface area contributed by atoms with E-state index in [0.29, 0.717) is 0 Å². The summed E-state index contributed by atoms with van der Waals surface area (Å²) in [5.74, 6) is 0. The summed E-state index contributed by atoms with van der Waals surface area (Å²) >= 11 is 3.83. The van der Waals surface area contributed by atoms with E-state index in [1.807, 2.05) is 22.7 Å². The minimum atomic E-state index is -1.90. The molecule has 264 valence electrons. The van der Waals surface area contributed by atoms with Gasteiger partial charge in [-0.15, -0.1) is 22.7 Å². The van der Waals surface area contributed by atoms with Crippen molar-refractivity contribution in [3.05, 3.63) is 176 Å². The van der Waals surface area contributed by atoms with Gasteiger partial charge in [0.25, 0.3) is 0 Å². The van der Waals surface area contributed by atoms with E-state index in [4.69, 9.17) is 0 Å². The molecule has 0 amide bonds. The molecule has 3 heterocycles. The Kier molecular flexibility index (Phi) is 6.89. The molecule has 1 nitrogen and oxygen atoms in total. The van der Waals surface area contributed by atoms with E-state index < -0.39 is 8.07 Å². The number of thiophene rings is 2.